The highest BCUT2D eigenvalue weighted by Crippen LogP contribution is 2.17. The van der Waals surface area contributed by atoms with Crippen LogP contribution in [0.25, 0.3) is 0 Å². The van der Waals surface area contributed by atoms with Crippen LogP contribution in [0.1, 0.15) is 200 Å². The molecule has 0 amide bonds. The van der Waals surface area contributed by atoms with E-state index in [0.29, 0.717) is 47.6 Å². The summed E-state index contributed by atoms with van der Waals surface area (Å²) in [6.07, 6.45) is 7.52. The van der Waals surface area contributed by atoms with Crippen molar-refractivity contribution in [1.29, 1.82) is 0 Å². The SMILES string of the molecule is C.CC(C)c1cccc(C(C)C)n1.CC(C)c1ccn(C(C)C)n1.CC(C)c1cncc(C(C)C)n1.CC(C)c1ncn(C(C)C)n1. The fraction of sp³-hybridized carbons (Fsp3) is 0.641. The van der Waals surface area contributed by atoms with Crippen molar-refractivity contribution in [3.05, 3.63) is 83.5 Å². The molecule has 0 spiro atoms. The minimum absolute atomic E-state index is 0. The number of rotatable bonds is 8. The molecule has 264 valence electrons. The quantitative estimate of drug-likeness (QED) is 0.189. The van der Waals surface area contributed by atoms with Gasteiger partial charge in [0, 0.05) is 48.0 Å². The van der Waals surface area contributed by atoms with E-state index in [2.05, 4.69) is 165 Å². The van der Waals surface area contributed by atoms with Crippen LogP contribution in [0, 0.1) is 0 Å². The van der Waals surface area contributed by atoms with Crippen LogP contribution in [0.2, 0.25) is 0 Å². The van der Waals surface area contributed by atoms with Gasteiger partial charge in [-0.2, -0.15) is 10.2 Å². The molecule has 0 radical (unpaired) electrons. The fourth-order valence-electron chi connectivity index (χ4n) is 3.81. The van der Waals surface area contributed by atoms with E-state index in [1.165, 1.54) is 17.1 Å². The number of hydrogen-bond donors (Lipinski definition) is 0. The molecule has 0 aliphatic carbocycles. The Labute approximate surface area is 288 Å². The van der Waals surface area contributed by atoms with Gasteiger partial charge >= 0.3 is 0 Å². The van der Waals surface area contributed by atoms with Crippen LogP contribution in [0.4, 0.5) is 0 Å². The van der Waals surface area contributed by atoms with E-state index in [4.69, 9.17) is 0 Å². The lowest BCUT2D eigenvalue weighted by Crippen LogP contribution is -2.02. The molecule has 4 rings (SSSR count). The van der Waals surface area contributed by atoms with Crippen LogP contribution in [0.5, 0.6) is 0 Å². The average molecular weight is 649 g/mol. The van der Waals surface area contributed by atoms with Crippen molar-refractivity contribution in [2.24, 2.45) is 0 Å². The highest BCUT2D eigenvalue weighted by Gasteiger charge is 2.07. The van der Waals surface area contributed by atoms with Gasteiger partial charge in [-0.3, -0.25) is 24.3 Å². The Kier molecular flexibility index (Phi) is 19.9. The smallest absolute Gasteiger partial charge is 0.153 e. The van der Waals surface area contributed by atoms with Gasteiger partial charge in [-0.1, -0.05) is 96.6 Å². The Morgan fingerprint density at radius 1 is 0.468 bits per heavy atom. The van der Waals surface area contributed by atoms with Crippen molar-refractivity contribution >= 4 is 0 Å². The van der Waals surface area contributed by atoms with Gasteiger partial charge in [0.25, 0.3) is 0 Å². The molecule has 0 fully saturated rings. The van der Waals surface area contributed by atoms with E-state index in [-0.39, 0.29) is 7.43 Å². The molecule has 0 N–H and O–H groups in total. The minimum Gasteiger partial charge on any atom is -0.270 e. The fourth-order valence-corrected chi connectivity index (χ4v) is 3.81. The molecular formula is C39H68N8. The first-order chi connectivity index (χ1) is 21.4. The highest BCUT2D eigenvalue weighted by atomic mass is 15.3. The van der Waals surface area contributed by atoms with Gasteiger partial charge in [0.05, 0.1) is 17.1 Å². The van der Waals surface area contributed by atoms with Crippen LogP contribution >= 0.6 is 0 Å². The Morgan fingerprint density at radius 2 is 0.894 bits per heavy atom. The molecule has 8 heteroatoms. The van der Waals surface area contributed by atoms with E-state index >= 15 is 0 Å². The first-order valence-electron chi connectivity index (χ1n) is 17.2. The van der Waals surface area contributed by atoms with Crippen molar-refractivity contribution < 1.29 is 0 Å². The molecule has 8 nitrogen and oxygen atoms in total. The standard InChI is InChI=1S/C11H17N.C10H16N2.C9H16N2.C8H15N3.CH4/c1-8(2)10-6-5-7-11(12-10)9(3)4;1-7(2)9-5-11-6-10(12-9)8(3)4;1-7(2)9-5-6-11(10-9)8(3)4;1-6(2)8-9-5-11(10-8)7(3)4;/h5-9H,1-4H3;5-8H,1-4H3;5-8H,1-4H3;5-7H,1-4H3;1H4. The van der Waals surface area contributed by atoms with Gasteiger partial charge in [-0.05, 0) is 75.5 Å². The monoisotopic (exact) mass is 649 g/mol. The second-order valence-corrected chi connectivity index (χ2v) is 14.3. The molecule has 0 aliphatic rings. The Morgan fingerprint density at radius 3 is 1.19 bits per heavy atom. The molecular weight excluding hydrogens is 580 g/mol. The van der Waals surface area contributed by atoms with Gasteiger partial charge < -0.3 is 0 Å². The zero-order valence-corrected chi connectivity index (χ0v) is 31.8. The van der Waals surface area contributed by atoms with E-state index in [1.54, 1.807) is 6.33 Å². The topological polar surface area (TPSA) is 87.2 Å². The maximum Gasteiger partial charge on any atom is 0.153 e. The van der Waals surface area contributed by atoms with Gasteiger partial charge in [0.2, 0.25) is 0 Å². The predicted octanol–water partition coefficient (Wildman–Crippen LogP) is 11.3. The van der Waals surface area contributed by atoms with Crippen molar-refractivity contribution in [2.45, 2.75) is 166 Å². The Bertz CT molecular complexity index is 1180. The van der Waals surface area contributed by atoms with Gasteiger partial charge in [0.1, 0.15) is 6.33 Å². The lowest BCUT2D eigenvalue weighted by Gasteiger charge is -2.08. The van der Waals surface area contributed by atoms with E-state index in [9.17, 15) is 0 Å². The summed E-state index contributed by atoms with van der Waals surface area (Å²) >= 11 is 0. The van der Waals surface area contributed by atoms with Crippen LogP contribution in [0.15, 0.2) is 49.2 Å². The van der Waals surface area contributed by atoms with Crippen molar-refractivity contribution in [3.8, 4) is 0 Å². The first-order valence-corrected chi connectivity index (χ1v) is 17.2. The third-order valence-corrected chi connectivity index (χ3v) is 7.15. The summed E-state index contributed by atoms with van der Waals surface area (Å²) in [5.41, 5.74) is 5.74. The lowest BCUT2D eigenvalue weighted by molar-refractivity contribution is 0.522. The number of nitrogens with zero attached hydrogens (tertiary/aromatic N) is 8. The van der Waals surface area contributed by atoms with E-state index < -0.39 is 0 Å². The number of aromatic nitrogens is 8. The van der Waals surface area contributed by atoms with E-state index in [1.807, 2.05) is 28.0 Å². The summed E-state index contributed by atoms with van der Waals surface area (Å²) in [6.45, 7) is 34.2. The molecule has 4 aromatic heterocycles. The van der Waals surface area contributed by atoms with Crippen LogP contribution in [0.3, 0.4) is 0 Å². The summed E-state index contributed by atoms with van der Waals surface area (Å²) in [6, 6.07) is 9.26. The van der Waals surface area contributed by atoms with Crippen LogP contribution in [-0.4, -0.2) is 39.5 Å². The zero-order valence-electron chi connectivity index (χ0n) is 31.8. The van der Waals surface area contributed by atoms with Crippen molar-refractivity contribution in [1.82, 2.24) is 39.5 Å². The Balaban J connectivity index is 0.000000597. The summed E-state index contributed by atoms with van der Waals surface area (Å²) in [4.78, 5) is 17.4. The molecule has 4 aromatic rings. The first kappa shape index (κ1) is 43.6. The average Bonchev–Trinajstić information content (AvgIpc) is 3.70. The largest absolute Gasteiger partial charge is 0.270 e. The second kappa shape index (κ2) is 21.5. The van der Waals surface area contributed by atoms with Crippen LogP contribution < -0.4 is 0 Å². The highest BCUT2D eigenvalue weighted by molar-refractivity contribution is 5.16. The maximum absolute atomic E-state index is 4.57. The van der Waals surface area contributed by atoms with Crippen molar-refractivity contribution in [2.75, 3.05) is 0 Å². The second-order valence-electron chi connectivity index (χ2n) is 14.3. The third kappa shape index (κ3) is 15.8. The maximum atomic E-state index is 4.57. The summed E-state index contributed by atoms with van der Waals surface area (Å²) < 4.78 is 3.88. The summed E-state index contributed by atoms with van der Waals surface area (Å²) in [5.74, 6) is 3.89. The van der Waals surface area contributed by atoms with Gasteiger partial charge in [0.15, 0.2) is 5.82 Å². The third-order valence-electron chi connectivity index (χ3n) is 7.15. The van der Waals surface area contributed by atoms with Gasteiger partial charge in [-0.15, -0.1) is 0 Å². The number of hydrogen-bond acceptors (Lipinski definition) is 6. The van der Waals surface area contributed by atoms with Crippen molar-refractivity contribution in [3.63, 3.8) is 0 Å². The van der Waals surface area contributed by atoms with Crippen LogP contribution in [-0.2, 0) is 0 Å². The number of pyridine rings is 1. The zero-order chi connectivity index (χ0) is 35.1. The van der Waals surface area contributed by atoms with E-state index in [0.717, 1.165) is 17.2 Å². The molecule has 0 unspecified atom stereocenters. The lowest BCUT2D eigenvalue weighted by atomic mass is 10.1. The summed E-state index contributed by atoms with van der Waals surface area (Å²) in [7, 11) is 0. The van der Waals surface area contributed by atoms with Gasteiger partial charge in [-0.25, -0.2) is 4.98 Å². The molecule has 0 saturated carbocycles. The molecule has 0 atom stereocenters. The molecule has 0 saturated heterocycles. The predicted molar refractivity (Wildman–Crippen MR) is 201 cm³/mol. The molecule has 4 heterocycles. The summed E-state index contributed by atoms with van der Waals surface area (Å²) in [5, 5.41) is 8.74. The molecule has 0 bridgehead atoms. The Hall–Kier alpha value is -3.42. The normalized spacial score (nSPS) is 11.1. The molecule has 47 heavy (non-hydrogen) atoms. The minimum atomic E-state index is 0. The molecule has 0 aliphatic heterocycles. The molecule has 0 aromatic carbocycles.